The summed E-state index contributed by atoms with van der Waals surface area (Å²) < 4.78 is 19.0. The van der Waals surface area contributed by atoms with Crippen molar-refractivity contribution in [2.75, 3.05) is 11.9 Å². The highest BCUT2D eigenvalue weighted by molar-refractivity contribution is 7.15. The van der Waals surface area contributed by atoms with Crippen LogP contribution in [0.5, 0.6) is 0 Å². The van der Waals surface area contributed by atoms with Crippen molar-refractivity contribution in [1.82, 2.24) is 4.98 Å². The monoisotopic (exact) mass is 413 g/mol. The lowest BCUT2D eigenvalue weighted by atomic mass is 9.54. The predicted octanol–water partition coefficient (Wildman–Crippen LogP) is 3.77. The van der Waals surface area contributed by atoms with Crippen molar-refractivity contribution in [3.8, 4) is 0 Å². The molecule has 1 saturated carbocycles. The smallest absolute Gasteiger partial charge is 0.246 e. The van der Waals surface area contributed by atoms with E-state index in [1.807, 2.05) is 26.8 Å². The molecule has 8 heteroatoms. The molecule has 3 N–H and O–H groups in total. The number of benzene rings is 1. The van der Waals surface area contributed by atoms with Crippen LogP contribution in [0.25, 0.3) is 0 Å². The van der Waals surface area contributed by atoms with Gasteiger partial charge in [-0.15, -0.1) is 23.7 Å². The first kappa shape index (κ1) is 21.8. The van der Waals surface area contributed by atoms with E-state index in [0.29, 0.717) is 24.6 Å². The van der Waals surface area contributed by atoms with Gasteiger partial charge < -0.3 is 15.8 Å². The van der Waals surface area contributed by atoms with Crippen LogP contribution >= 0.6 is 23.7 Å². The molecule has 0 radical (unpaired) electrons. The SMILES string of the molecule is CCOC1CC(N)(C(=O)Nc2ncc(Cc3cccc(F)c3)s2)C1(C)C.Cl. The topological polar surface area (TPSA) is 77.2 Å². The summed E-state index contributed by atoms with van der Waals surface area (Å²) in [6.07, 6.45) is 2.73. The van der Waals surface area contributed by atoms with Gasteiger partial charge in [-0.1, -0.05) is 26.0 Å². The van der Waals surface area contributed by atoms with E-state index in [9.17, 15) is 9.18 Å². The van der Waals surface area contributed by atoms with Gasteiger partial charge in [-0.25, -0.2) is 9.37 Å². The van der Waals surface area contributed by atoms with Crippen LogP contribution in [-0.2, 0) is 16.0 Å². The van der Waals surface area contributed by atoms with Gasteiger partial charge >= 0.3 is 0 Å². The third kappa shape index (κ3) is 4.16. The molecule has 0 saturated heterocycles. The lowest BCUT2D eigenvalue weighted by molar-refractivity contribution is -0.166. The summed E-state index contributed by atoms with van der Waals surface area (Å²) in [6, 6.07) is 6.46. The molecule has 1 aromatic heterocycles. The standard InChI is InChI=1S/C19H24FN3O2S.ClH/c1-4-25-15-10-19(21,18(15,2)3)16(24)23-17-22-11-14(26-17)9-12-6-5-7-13(20)8-12;/h5-8,11,15H,4,9-10,21H2,1-3H3,(H,22,23,24);1H. The number of hydrogen-bond donors (Lipinski definition) is 2. The van der Waals surface area contributed by atoms with Crippen molar-refractivity contribution in [2.45, 2.75) is 45.3 Å². The Balaban J connectivity index is 0.00000261. The Morgan fingerprint density at radius 1 is 1.48 bits per heavy atom. The Hall–Kier alpha value is -1.54. The molecule has 1 fully saturated rings. The van der Waals surface area contributed by atoms with Gasteiger partial charge in [0.1, 0.15) is 11.4 Å². The maximum atomic E-state index is 13.3. The molecule has 1 heterocycles. The summed E-state index contributed by atoms with van der Waals surface area (Å²) in [7, 11) is 0. The molecule has 27 heavy (non-hydrogen) atoms. The Morgan fingerprint density at radius 3 is 2.85 bits per heavy atom. The highest BCUT2D eigenvalue weighted by Crippen LogP contribution is 2.50. The average Bonchev–Trinajstić information content (AvgIpc) is 3.01. The van der Waals surface area contributed by atoms with Crippen molar-refractivity contribution in [2.24, 2.45) is 11.1 Å². The van der Waals surface area contributed by atoms with Gasteiger partial charge in [0.2, 0.25) is 5.91 Å². The zero-order chi connectivity index (χ0) is 18.9. The number of rotatable bonds is 6. The maximum absolute atomic E-state index is 13.3. The van der Waals surface area contributed by atoms with Gasteiger partial charge in [0.15, 0.2) is 5.13 Å². The lowest BCUT2D eigenvalue weighted by Crippen LogP contribution is -2.74. The second-order valence-corrected chi connectivity index (χ2v) is 8.35. The fourth-order valence-electron chi connectivity index (χ4n) is 3.32. The van der Waals surface area contributed by atoms with E-state index in [2.05, 4.69) is 10.3 Å². The van der Waals surface area contributed by atoms with Gasteiger partial charge in [0.25, 0.3) is 0 Å². The van der Waals surface area contributed by atoms with Crippen LogP contribution in [0.15, 0.2) is 30.5 Å². The third-order valence-corrected chi connectivity index (χ3v) is 6.19. The molecule has 148 valence electrons. The van der Waals surface area contributed by atoms with Crippen molar-refractivity contribution >= 4 is 34.8 Å². The molecule has 5 nitrogen and oxygen atoms in total. The van der Waals surface area contributed by atoms with E-state index in [1.54, 1.807) is 12.3 Å². The van der Waals surface area contributed by atoms with Gasteiger partial charge in [0, 0.05) is 35.9 Å². The molecule has 2 unspecified atom stereocenters. The van der Waals surface area contributed by atoms with Gasteiger partial charge in [-0.3, -0.25) is 4.79 Å². The van der Waals surface area contributed by atoms with E-state index in [0.717, 1.165) is 10.4 Å². The molecule has 2 aromatic rings. The summed E-state index contributed by atoms with van der Waals surface area (Å²) >= 11 is 1.37. The predicted molar refractivity (Wildman–Crippen MR) is 108 cm³/mol. The van der Waals surface area contributed by atoms with Crippen LogP contribution in [-0.4, -0.2) is 29.1 Å². The summed E-state index contributed by atoms with van der Waals surface area (Å²) in [5, 5.41) is 3.34. The van der Waals surface area contributed by atoms with Crippen LogP contribution in [0.4, 0.5) is 9.52 Å². The van der Waals surface area contributed by atoms with Crippen molar-refractivity contribution < 1.29 is 13.9 Å². The van der Waals surface area contributed by atoms with E-state index in [-0.39, 0.29) is 30.2 Å². The molecular weight excluding hydrogens is 389 g/mol. The third-order valence-electron chi connectivity index (χ3n) is 5.28. The quantitative estimate of drug-likeness (QED) is 0.755. The highest BCUT2D eigenvalue weighted by atomic mass is 35.5. The Morgan fingerprint density at radius 2 is 2.22 bits per heavy atom. The number of aromatic nitrogens is 1. The Labute approximate surface area is 168 Å². The number of carbonyl (C=O) groups is 1. The fraction of sp³-hybridized carbons (Fsp3) is 0.474. The van der Waals surface area contributed by atoms with Crippen LogP contribution in [0, 0.1) is 11.2 Å². The average molecular weight is 414 g/mol. The van der Waals surface area contributed by atoms with E-state index < -0.39 is 11.0 Å². The molecule has 1 amide bonds. The summed E-state index contributed by atoms with van der Waals surface area (Å²) in [4.78, 5) is 17.9. The number of halogens is 2. The molecule has 1 aliphatic carbocycles. The van der Waals surface area contributed by atoms with Crippen LogP contribution in [0.1, 0.15) is 37.6 Å². The van der Waals surface area contributed by atoms with Crippen LogP contribution in [0.3, 0.4) is 0 Å². The first-order chi connectivity index (χ1) is 12.3. The molecule has 0 bridgehead atoms. The second-order valence-electron chi connectivity index (χ2n) is 7.23. The van der Waals surface area contributed by atoms with E-state index >= 15 is 0 Å². The molecule has 3 rings (SSSR count). The zero-order valence-electron chi connectivity index (χ0n) is 15.6. The molecule has 1 aliphatic rings. The largest absolute Gasteiger partial charge is 0.378 e. The molecule has 2 atom stereocenters. The molecule has 0 aliphatic heterocycles. The minimum absolute atomic E-state index is 0. The number of ether oxygens (including phenoxy) is 1. The van der Waals surface area contributed by atoms with Gasteiger partial charge in [-0.2, -0.15) is 0 Å². The zero-order valence-corrected chi connectivity index (χ0v) is 17.3. The number of anilines is 1. The maximum Gasteiger partial charge on any atom is 0.246 e. The van der Waals surface area contributed by atoms with E-state index in [1.165, 1.54) is 23.5 Å². The lowest BCUT2D eigenvalue weighted by Gasteiger charge is -2.57. The first-order valence-electron chi connectivity index (χ1n) is 8.67. The van der Waals surface area contributed by atoms with Crippen molar-refractivity contribution in [3.63, 3.8) is 0 Å². The number of carbonyl (C=O) groups excluding carboxylic acids is 1. The highest BCUT2D eigenvalue weighted by Gasteiger charge is 2.63. The number of hydrogen-bond acceptors (Lipinski definition) is 5. The Bertz CT molecular complexity index is 814. The molecule has 1 aromatic carbocycles. The minimum Gasteiger partial charge on any atom is -0.378 e. The molecule has 0 spiro atoms. The van der Waals surface area contributed by atoms with Crippen LogP contribution in [0.2, 0.25) is 0 Å². The summed E-state index contributed by atoms with van der Waals surface area (Å²) in [5.74, 6) is -0.508. The number of nitrogens with zero attached hydrogens (tertiary/aromatic N) is 1. The number of nitrogens with one attached hydrogen (secondary N) is 1. The number of thiazole rings is 1. The number of nitrogens with two attached hydrogens (primary N) is 1. The van der Waals surface area contributed by atoms with Gasteiger partial charge in [0.05, 0.1) is 6.10 Å². The first-order valence-corrected chi connectivity index (χ1v) is 9.49. The number of amides is 1. The minimum atomic E-state index is -0.985. The molecular formula is C19H25ClFN3O2S. The summed E-state index contributed by atoms with van der Waals surface area (Å²) in [5.41, 5.74) is 5.81. The summed E-state index contributed by atoms with van der Waals surface area (Å²) in [6.45, 7) is 6.44. The van der Waals surface area contributed by atoms with Crippen LogP contribution < -0.4 is 11.1 Å². The Kier molecular flexibility index (Phi) is 6.63. The van der Waals surface area contributed by atoms with Crippen molar-refractivity contribution in [3.05, 3.63) is 46.7 Å². The second kappa shape index (κ2) is 8.22. The van der Waals surface area contributed by atoms with Gasteiger partial charge in [-0.05, 0) is 24.6 Å². The van der Waals surface area contributed by atoms with Crippen molar-refractivity contribution in [1.29, 1.82) is 0 Å². The normalized spacial score (nSPS) is 23.2. The fourth-order valence-corrected chi connectivity index (χ4v) is 4.17. The van der Waals surface area contributed by atoms with E-state index in [4.69, 9.17) is 10.5 Å².